The van der Waals surface area contributed by atoms with Gasteiger partial charge >= 0.3 is 12.1 Å². The van der Waals surface area contributed by atoms with Crippen molar-refractivity contribution in [3.8, 4) is 17.2 Å². The van der Waals surface area contributed by atoms with Crippen molar-refractivity contribution in [2.45, 2.75) is 32.7 Å². The van der Waals surface area contributed by atoms with Crippen LogP contribution in [0.1, 0.15) is 42.1 Å². The van der Waals surface area contributed by atoms with E-state index in [1.807, 2.05) is 0 Å². The van der Waals surface area contributed by atoms with E-state index in [0.29, 0.717) is 43.2 Å². The Morgan fingerprint density at radius 2 is 1.78 bits per heavy atom. The van der Waals surface area contributed by atoms with Gasteiger partial charge in [-0.1, -0.05) is 35.6 Å². The summed E-state index contributed by atoms with van der Waals surface area (Å²) < 4.78 is 63.1. The van der Waals surface area contributed by atoms with Gasteiger partial charge < -0.3 is 18.9 Å². The third kappa shape index (κ3) is 6.65. The number of fused-ring (bicyclic) bond motifs is 1. The SMILES string of the molecule is CCOC(=O)C1=C(C)N=c2s/c(=C/c3ccc(OC)c(COc4cccc(C(F)(F)F)c4)c3)c(=O)n2C1c1ccc(OC)cc1. The Hall–Kier alpha value is -4.84. The normalized spacial score (nSPS) is 14.9. The quantitative estimate of drug-likeness (QED) is 0.228. The number of benzene rings is 3. The summed E-state index contributed by atoms with van der Waals surface area (Å²) >= 11 is 1.17. The average molecular weight is 639 g/mol. The molecule has 0 spiro atoms. The number of nitrogens with zero attached hydrogens (tertiary/aromatic N) is 2. The third-order valence-corrected chi connectivity index (χ3v) is 8.09. The predicted octanol–water partition coefficient (Wildman–Crippen LogP) is 5.41. The maximum Gasteiger partial charge on any atom is 0.416 e. The summed E-state index contributed by atoms with van der Waals surface area (Å²) in [5.41, 5.74) is 1.41. The number of allylic oxidation sites excluding steroid dienone is 1. The van der Waals surface area contributed by atoms with Gasteiger partial charge in [0.25, 0.3) is 5.56 Å². The van der Waals surface area contributed by atoms with Crippen molar-refractivity contribution in [2.75, 3.05) is 20.8 Å². The molecule has 3 aromatic carbocycles. The molecule has 2 heterocycles. The Morgan fingerprint density at radius 3 is 2.44 bits per heavy atom. The maximum atomic E-state index is 13.9. The van der Waals surface area contributed by atoms with Gasteiger partial charge in [0.15, 0.2) is 4.80 Å². The van der Waals surface area contributed by atoms with Gasteiger partial charge in [-0.25, -0.2) is 9.79 Å². The van der Waals surface area contributed by atoms with Crippen molar-refractivity contribution in [3.05, 3.63) is 120 Å². The van der Waals surface area contributed by atoms with Gasteiger partial charge in [-0.05, 0) is 73.5 Å². The summed E-state index contributed by atoms with van der Waals surface area (Å²) in [6, 6.07) is 16.1. The van der Waals surface area contributed by atoms with Crippen molar-refractivity contribution in [2.24, 2.45) is 4.99 Å². The van der Waals surface area contributed by atoms with Crippen LogP contribution < -0.4 is 29.1 Å². The molecule has 0 aliphatic carbocycles. The molecule has 1 atom stereocenters. The van der Waals surface area contributed by atoms with Gasteiger partial charge in [-0.15, -0.1) is 0 Å². The zero-order valence-electron chi connectivity index (χ0n) is 24.8. The summed E-state index contributed by atoms with van der Waals surface area (Å²) in [5, 5.41) is 0. The fraction of sp³-hybridized carbons (Fsp3) is 0.242. The number of rotatable bonds is 9. The van der Waals surface area contributed by atoms with E-state index >= 15 is 0 Å². The molecular formula is C33H29F3N2O6S. The number of esters is 1. The van der Waals surface area contributed by atoms with Crippen LogP contribution in [-0.2, 0) is 22.3 Å². The highest BCUT2D eigenvalue weighted by atomic mass is 32.1. The fourth-order valence-electron chi connectivity index (χ4n) is 4.97. The fourth-order valence-corrected chi connectivity index (χ4v) is 6.02. The van der Waals surface area contributed by atoms with E-state index in [1.165, 1.54) is 35.1 Å². The van der Waals surface area contributed by atoms with Gasteiger partial charge in [-0.3, -0.25) is 9.36 Å². The van der Waals surface area contributed by atoms with Crippen LogP contribution in [0.4, 0.5) is 13.2 Å². The van der Waals surface area contributed by atoms with Gasteiger partial charge in [0, 0.05) is 5.56 Å². The molecule has 1 aromatic heterocycles. The lowest BCUT2D eigenvalue weighted by Gasteiger charge is -2.24. The molecule has 1 aliphatic rings. The topological polar surface area (TPSA) is 88.4 Å². The second-order valence-corrected chi connectivity index (χ2v) is 11.0. The van der Waals surface area contributed by atoms with Crippen molar-refractivity contribution >= 4 is 23.4 Å². The molecule has 12 heteroatoms. The number of hydrogen-bond donors (Lipinski definition) is 0. The number of ether oxygens (including phenoxy) is 4. The molecule has 4 aromatic rings. The molecular weight excluding hydrogens is 609 g/mol. The molecule has 1 aliphatic heterocycles. The van der Waals surface area contributed by atoms with Crippen molar-refractivity contribution < 1.29 is 36.9 Å². The van der Waals surface area contributed by atoms with Crippen LogP contribution in [0.25, 0.3) is 6.08 Å². The van der Waals surface area contributed by atoms with E-state index < -0.39 is 23.8 Å². The van der Waals surface area contributed by atoms with Crippen LogP contribution in [0.5, 0.6) is 17.2 Å². The molecule has 8 nitrogen and oxygen atoms in total. The van der Waals surface area contributed by atoms with Crippen LogP contribution in [0.15, 0.2) is 87.8 Å². The predicted molar refractivity (Wildman–Crippen MR) is 162 cm³/mol. The number of aromatic nitrogens is 1. The molecule has 0 fully saturated rings. The summed E-state index contributed by atoms with van der Waals surface area (Å²) in [4.78, 5) is 32.0. The molecule has 0 amide bonds. The third-order valence-electron chi connectivity index (χ3n) is 7.11. The first-order valence-corrected chi connectivity index (χ1v) is 14.7. The monoisotopic (exact) mass is 638 g/mol. The molecule has 0 saturated heterocycles. The summed E-state index contributed by atoms with van der Waals surface area (Å²) in [5.74, 6) is 0.581. The van der Waals surface area contributed by atoms with Crippen LogP contribution >= 0.6 is 11.3 Å². The second kappa shape index (κ2) is 13.0. The van der Waals surface area contributed by atoms with Gasteiger partial charge in [0.2, 0.25) is 0 Å². The summed E-state index contributed by atoms with van der Waals surface area (Å²) in [6.07, 6.45) is -2.81. The Labute approximate surface area is 260 Å². The number of alkyl halides is 3. The molecule has 0 bridgehead atoms. The van der Waals surface area contributed by atoms with E-state index in [9.17, 15) is 22.8 Å². The lowest BCUT2D eigenvalue weighted by molar-refractivity contribution is -0.139. The maximum absolute atomic E-state index is 13.9. The number of methoxy groups -OCH3 is 2. The van der Waals surface area contributed by atoms with Crippen molar-refractivity contribution in [1.82, 2.24) is 4.57 Å². The van der Waals surface area contributed by atoms with E-state index in [2.05, 4.69) is 4.99 Å². The van der Waals surface area contributed by atoms with Crippen LogP contribution in [0, 0.1) is 0 Å². The highest BCUT2D eigenvalue weighted by molar-refractivity contribution is 7.07. The lowest BCUT2D eigenvalue weighted by Crippen LogP contribution is -2.39. The Kier molecular flexibility index (Phi) is 9.14. The van der Waals surface area contributed by atoms with Crippen molar-refractivity contribution in [1.29, 1.82) is 0 Å². The molecule has 5 rings (SSSR count). The largest absolute Gasteiger partial charge is 0.497 e. The Morgan fingerprint density at radius 1 is 1.02 bits per heavy atom. The van der Waals surface area contributed by atoms with E-state index in [4.69, 9.17) is 18.9 Å². The minimum Gasteiger partial charge on any atom is -0.497 e. The van der Waals surface area contributed by atoms with Gasteiger partial charge in [0.1, 0.15) is 23.9 Å². The molecule has 234 valence electrons. The first-order chi connectivity index (χ1) is 21.5. The van der Waals surface area contributed by atoms with Crippen LogP contribution in [0.3, 0.4) is 0 Å². The van der Waals surface area contributed by atoms with Crippen molar-refractivity contribution in [3.63, 3.8) is 0 Å². The molecule has 0 saturated carbocycles. The van der Waals surface area contributed by atoms with Crippen LogP contribution in [0.2, 0.25) is 0 Å². The minimum absolute atomic E-state index is 0.0527. The highest BCUT2D eigenvalue weighted by Gasteiger charge is 2.33. The van der Waals surface area contributed by atoms with Gasteiger partial charge in [-0.2, -0.15) is 13.2 Å². The lowest BCUT2D eigenvalue weighted by atomic mass is 9.96. The molecule has 45 heavy (non-hydrogen) atoms. The smallest absolute Gasteiger partial charge is 0.416 e. The Bertz CT molecular complexity index is 1940. The Balaban J connectivity index is 1.54. The van der Waals surface area contributed by atoms with Crippen LogP contribution in [-0.4, -0.2) is 31.4 Å². The molecule has 1 unspecified atom stereocenters. The van der Waals surface area contributed by atoms with E-state index in [-0.39, 0.29) is 30.1 Å². The zero-order valence-corrected chi connectivity index (χ0v) is 25.6. The molecule has 0 N–H and O–H groups in total. The zero-order chi connectivity index (χ0) is 32.3. The highest BCUT2D eigenvalue weighted by Crippen LogP contribution is 2.33. The number of carbonyl (C=O) groups excluding carboxylic acids is 1. The summed E-state index contributed by atoms with van der Waals surface area (Å²) in [7, 11) is 3.03. The first-order valence-electron chi connectivity index (χ1n) is 13.8. The summed E-state index contributed by atoms with van der Waals surface area (Å²) in [6.45, 7) is 3.50. The average Bonchev–Trinajstić information content (AvgIpc) is 3.32. The number of carbonyl (C=O) groups is 1. The number of halogens is 3. The van der Waals surface area contributed by atoms with Gasteiger partial charge in [0.05, 0.1) is 48.2 Å². The molecule has 0 radical (unpaired) electrons. The number of hydrogen-bond acceptors (Lipinski definition) is 8. The number of thiazole rings is 1. The minimum atomic E-state index is -4.50. The van der Waals surface area contributed by atoms with E-state index in [0.717, 1.165) is 12.1 Å². The van der Waals surface area contributed by atoms with E-state index in [1.54, 1.807) is 69.5 Å². The standard InChI is InChI=1S/C33H29F3N2O6S/c1-5-43-31(40)28-19(2)37-32-38(29(28)21-10-12-24(41-3)13-11-21)30(39)27(45-32)16-20-9-14-26(42-4)22(15-20)18-44-25-8-6-7-23(17-25)33(34,35)36/h6-17,29H,5,18H2,1-4H3/b27-16+. The first kappa shape index (κ1) is 31.6. The second-order valence-electron chi connectivity index (χ2n) is 9.96.